The van der Waals surface area contributed by atoms with Crippen LogP contribution >= 0.6 is 0 Å². The minimum atomic E-state index is -0.0839. The molecular formula is C20H19N3O3. The first-order chi connectivity index (χ1) is 12.7. The van der Waals surface area contributed by atoms with Crippen molar-refractivity contribution in [2.45, 2.75) is 6.92 Å². The van der Waals surface area contributed by atoms with Gasteiger partial charge in [0.1, 0.15) is 23.8 Å². The molecule has 0 saturated heterocycles. The lowest BCUT2D eigenvalue weighted by molar-refractivity contribution is 0.0976. The number of methoxy groups -OCH3 is 1. The molecule has 1 aliphatic heterocycles. The van der Waals surface area contributed by atoms with Crippen molar-refractivity contribution in [2.24, 2.45) is 0 Å². The van der Waals surface area contributed by atoms with Crippen molar-refractivity contribution in [3.63, 3.8) is 0 Å². The minimum Gasteiger partial charge on any atom is -0.494 e. The van der Waals surface area contributed by atoms with Gasteiger partial charge in [0.05, 0.1) is 36.8 Å². The summed E-state index contributed by atoms with van der Waals surface area (Å²) in [5, 5.41) is 4.42. The molecule has 2 heterocycles. The average Bonchev–Trinajstić information content (AvgIpc) is 3.08. The zero-order chi connectivity index (χ0) is 18.1. The highest BCUT2D eigenvalue weighted by Gasteiger charge is 2.27. The molecule has 1 amide bonds. The lowest BCUT2D eigenvalue weighted by Gasteiger charge is -2.29. The van der Waals surface area contributed by atoms with Gasteiger partial charge >= 0.3 is 0 Å². The van der Waals surface area contributed by atoms with Crippen LogP contribution in [0.4, 0.5) is 5.69 Å². The number of amides is 1. The molecule has 0 radical (unpaired) electrons. The molecule has 2 aromatic carbocycles. The van der Waals surface area contributed by atoms with Crippen LogP contribution in [0.1, 0.15) is 16.1 Å². The molecule has 0 aliphatic carbocycles. The maximum Gasteiger partial charge on any atom is 0.261 e. The van der Waals surface area contributed by atoms with Crippen LogP contribution in [0.5, 0.6) is 11.5 Å². The van der Waals surface area contributed by atoms with Crippen LogP contribution < -0.4 is 14.4 Å². The third kappa shape index (κ3) is 2.60. The van der Waals surface area contributed by atoms with E-state index >= 15 is 0 Å². The van der Waals surface area contributed by atoms with Crippen LogP contribution in [0.2, 0.25) is 0 Å². The molecule has 0 N–H and O–H groups in total. The lowest BCUT2D eigenvalue weighted by atomic mass is 10.1. The summed E-state index contributed by atoms with van der Waals surface area (Å²) in [4.78, 5) is 14.9. The maximum absolute atomic E-state index is 13.2. The lowest BCUT2D eigenvalue weighted by Crippen LogP contribution is -2.38. The van der Waals surface area contributed by atoms with Gasteiger partial charge in [-0.1, -0.05) is 24.3 Å². The van der Waals surface area contributed by atoms with Crippen LogP contribution in [0.15, 0.2) is 54.7 Å². The van der Waals surface area contributed by atoms with Crippen LogP contribution in [-0.4, -0.2) is 35.9 Å². The molecule has 0 saturated carbocycles. The number of hydrogen-bond donors (Lipinski definition) is 0. The number of benzene rings is 2. The molecular weight excluding hydrogens is 330 g/mol. The van der Waals surface area contributed by atoms with Crippen LogP contribution in [0, 0.1) is 6.92 Å². The molecule has 6 heteroatoms. The first-order valence-corrected chi connectivity index (χ1v) is 8.42. The predicted molar refractivity (Wildman–Crippen MR) is 98.5 cm³/mol. The fraction of sp³-hybridized carbons (Fsp3) is 0.200. The molecule has 0 spiro atoms. The monoisotopic (exact) mass is 349 g/mol. The number of ether oxygens (including phenoxy) is 2. The topological polar surface area (TPSA) is 56.6 Å². The van der Waals surface area contributed by atoms with Crippen molar-refractivity contribution >= 4 is 11.6 Å². The average molecular weight is 349 g/mol. The van der Waals surface area contributed by atoms with Gasteiger partial charge in [-0.2, -0.15) is 5.10 Å². The zero-order valence-corrected chi connectivity index (χ0v) is 14.7. The second-order valence-electron chi connectivity index (χ2n) is 6.00. The van der Waals surface area contributed by atoms with Crippen molar-refractivity contribution < 1.29 is 14.3 Å². The Kier molecular flexibility index (Phi) is 4.08. The van der Waals surface area contributed by atoms with Crippen molar-refractivity contribution in [3.05, 3.63) is 66.0 Å². The Bertz CT molecular complexity index is 964. The van der Waals surface area contributed by atoms with Crippen molar-refractivity contribution in [1.29, 1.82) is 0 Å². The van der Waals surface area contributed by atoms with E-state index in [2.05, 4.69) is 5.10 Å². The smallest absolute Gasteiger partial charge is 0.261 e. The zero-order valence-electron chi connectivity index (χ0n) is 14.7. The maximum atomic E-state index is 13.2. The number of rotatable bonds is 3. The second kappa shape index (κ2) is 6.55. The minimum absolute atomic E-state index is 0.0839. The number of carbonyl (C=O) groups is 1. The molecule has 4 rings (SSSR count). The van der Waals surface area contributed by atoms with E-state index < -0.39 is 0 Å². The van der Waals surface area contributed by atoms with E-state index in [1.807, 2.05) is 55.5 Å². The molecule has 26 heavy (non-hydrogen) atoms. The van der Waals surface area contributed by atoms with Crippen molar-refractivity contribution in [1.82, 2.24) is 9.78 Å². The molecule has 0 unspecified atom stereocenters. The van der Waals surface area contributed by atoms with E-state index in [-0.39, 0.29) is 5.91 Å². The summed E-state index contributed by atoms with van der Waals surface area (Å²) in [5.74, 6) is 1.34. The fourth-order valence-corrected chi connectivity index (χ4v) is 3.19. The van der Waals surface area contributed by atoms with Gasteiger partial charge in [-0.25, -0.2) is 4.68 Å². The quantitative estimate of drug-likeness (QED) is 0.728. The van der Waals surface area contributed by atoms with Crippen LogP contribution in [0.3, 0.4) is 0 Å². The van der Waals surface area contributed by atoms with Gasteiger partial charge in [0.15, 0.2) is 0 Å². The summed E-state index contributed by atoms with van der Waals surface area (Å²) in [5.41, 5.74) is 2.92. The highest BCUT2D eigenvalue weighted by molar-refractivity contribution is 6.07. The largest absolute Gasteiger partial charge is 0.494 e. The SMILES string of the molecule is COc1ccccc1-n1ncc(C(=O)N2CCOc3ccccc32)c1C. The van der Waals surface area contributed by atoms with Crippen LogP contribution in [0.25, 0.3) is 5.69 Å². The van der Waals surface area contributed by atoms with Gasteiger partial charge in [0.2, 0.25) is 0 Å². The number of anilines is 1. The number of fused-ring (bicyclic) bond motifs is 1. The first kappa shape index (κ1) is 16.2. The Hall–Kier alpha value is -3.28. The summed E-state index contributed by atoms with van der Waals surface area (Å²) in [6.07, 6.45) is 1.61. The van der Waals surface area contributed by atoms with Gasteiger partial charge in [0, 0.05) is 0 Å². The van der Waals surface area contributed by atoms with Gasteiger partial charge < -0.3 is 14.4 Å². The van der Waals surface area contributed by atoms with Crippen LogP contribution in [-0.2, 0) is 0 Å². The van der Waals surface area contributed by atoms with Crippen molar-refractivity contribution in [3.8, 4) is 17.2 Å². The van der Waals surface area contributed by atoms with Gasteiger partial charge in [-0.15, -0.1) is 0 Å². The molecule has 6 nitrogen and oxygen atoms in total. The number of para-hydroxylation sites is 4. The standard InChI is InChI=1S/C20H19N3O3/c1-14-15(13-21-23(14)17-8-4-5-9-18(17)25-2)20(24)22-11-12-26-19-10-6-3-7-16(19)22/h3-10,13H,11-12H2,1-2H3. The third-order valence-electron chi connectivity index (χ3n) is 4.53. The Morgan fingerprint density at radius 1 is 1.12 bits per heavy atom. The number of hydrogen-bond acceptors (Lipinski definition) is 4. The van der Waals surface area contributed by atoms with E-state index in [1.165, 1.54) is 0 Å². The molecule has 1 aromatic heterocycles. The van der Waals surface area contributed by atoms with E-state index in [9.17, 15) is 4.79 Å². The summed E-state index contributed by atoms with van der Waals surface area (Å²) in [6, 6.07) is 15.2. The molecule has 0 fully saturated rings. The Balaban J connectivity index is 1.72. The van der Waals surface area contributed by atoms with Crippen molar-refractivity contribution in [2.75, 3.05) is 25.2 Å². The highest BCUT2D eigenvalue weighted by Crippen LogP contribution is 2.32. The fourth-order valence-electron chi connectivity index (χ4n) is 3.19. The van der Waals surface area contributed by atoms with E-state index in [0.29, 0.717) is 24.5 Å². The summed E-state index contributed by atoms with van der Waals surface area (Å²) < 4.78 is 12.8. The molecule has 0 bridgehead atoms. The normalized spacial score (nSPS) is 13.1. The highest BCUT2D eigenvalue weighted by atomic mass is 16.5. The Morgan fingerprint density at radius 3 is 2.65 bits per heavy atom. The summed E-state index contributed by atoms with van der Waals surface area (Å²) >= 11 is 0. The number of carbonyl (C=O) groups excluding carboxylic acids is 1. The first-order valence-electron chi connectivity index (χ1n) is 8.42. The van der Waals surface area contributed by atoms with Gasteiger partial charge in [-0.3, -0.25) is 4.79 Å². The molecule has 0 atom stereocenters. The number of aromatic nitrogens is 2. The summed E-state index contributed by atoms with van der Waals surface area (Å²) in [7, 11) is 1.62. The van der Waals surface area contributed by atoms with E-state index in [1.54, 1.807) is 22.9 Å². The Labute approximate surface area is 151 Å². The summed E-state index contributed by atoms with van der Waals surface area (Å²) in [6.45, 7) is 2.87. The van der Waals surface area contributed by atoms with Gasteiger partial charge in [-0.05, 0) is 31.2 Å². The predicted octanol–water partition coefficient (Wildman–Crippen LogP) is 3.23. The van der Waals surface area contributed by atoms with E-state index in [4.69, 9.17) is 9.47 Å². The molecule has 3 aromatic rings. The van der Waals surface area contributed by atoms with Gasteiger partial charge in [0.25, 0.3) is 5.91 Å². The Morgan fingerprint density at radius 2 is 1.85 bits per heavy atom. The molecule has 132 valence electrons. The van der Waals surface area contributed by atoms with E-state index in [0.717, 1.165) is 22.8 Å². The molecule has 1 aliphatic rings. The third-order valence-corrected chi connectivity index (χ3v) is 4.53. The second-order valence-corrected chi connectivity index (χ2v) is 6.00. The number of nitrogens with zero attached hydrogens (tertiary/aromatic N) is 3.